The van der Waals surface area contributed by atoms with E-state index in [0.29, 0.717) is 0 Å². The molecular weight excluding hydrogens is 271 g/mol. The Kier molecular flexibility index (Phi) is 11.5. The first-order valence-electron chi connectivity index (χ1n) is 7.11. The Morgan fingerprint density at radius 2 is 1.05 bits per heavy atom. The summed E-state index contributed by atoms with van der Waals surface area (Å²) in [6, 6.07) is 16.2. The fourth-order valence-electron chi connectivity index (χ4n) is 1.63. The quantitative estimate of drug-likeness (QED) is 0.622. The summed E-state index contributed by atoms with van der Waals surface area (Å²) < 4.78 is 0. The summed E-state index contributed by atoms with van der Waals surface area (Å²) >= 11 is 2.58. The van der Waals surface area contributed by atoms with Crippen LogP contribution in [0.2, 0.25) is 5.28 Å². The summed E-state index contributed by atoms with van der Waals surface area (Å²) in [5.74, 6) is 0. The molecule has 2 aromatic carbocycles. The van der Waals surface area contributed by atoms with Gasteiger partial charge in [0, 0.05) is 0 Å². The van der Waals surface area contributed by atoms with E-state index in [2.05, 4.69) is 59.8 Å². The summed E-state index contributed by atoms with van der Waals surface area (Å²) in [7, 11) is 3.62. The smallest absolute Gasteiger partial charge is 0.0410 e. The van der Waals surface area contributed by atoms with Crippen LogP contribution < -0.4 is 0 Å². The Morgan fingerprint density at radius 1 is 0.762 bits per heavy atom. The fourth-order valence-corrected chi connectivity index (χ4v) is 1.63. The maximum absolute atomic E-state index is 4.07. The van der Waals surface area contributed by atoms with Crippen molar-refractivity contribution in [3.8, 4) is 0 Å². The minimum absolute atomic E-state index is 1.08. The molecule has 0 N–H and O–H groups in total. The van der Waals surface area contributed by atoms with E-state index in [0.717, 1.165) is 11.4 Å². The molecule has 0 heterocycles. The van der Waals surface area contributed by atoms with Crippen molar-refractivity contribution in [1.82, 2.24) is 0 Å². The molecular formula is C18H25AlN2. The van der Waals surface area contributed by atoms with Crippen LogP contribution in [0.3, 0.4) is 0 Å². The molecule has 3 heteroatoms. The van der Waals surface area contributed by atoms with E-state index in [1.165, 1.54) is 16.4 Å². The van der Waals surface area contributed by atoms with Crippen molar-refractivity contribution in [3.63, 3.8) is 0 Å². The average Bonchev–Trinajstić information content (AvgIpc) is 2.50. The van der Waals surface area contributed by atoms with Gasteiger partial charge in [-0.3, -0.25) is 0 Å². The molecule has 0 aliphatic rings. The summed E-state index contributed by atoms with van der Waals surface area (Å²) in [5.41, 5.74) is 4.63. The zero-order valence-corrected chi connectivity index (χ0v) is 15.0. The topological polar surface area (TPSA) is 28.2 Å². The van der Waals surface area contributed by atoms with Crippen LogP contribution in [0.1, 0.15) is 18.1 Å². The number of rotatable bonds is 2. The molecule has 0 unspecified atom stereocenters. The molecule has 2 nitrogen and oxygen atoms in total. The SMILES string of the molecule is C[CH2][Al+2].C[N-]c1ccccc1C.C[N-]c1ccccc1C. The van der Waals surface area contributed by atoms with E-state index >= 15 is 0 Å². The van der Waals surface area contributed by atoms with E-state index in [4.69, 9.17) is 0 Å². The molecule has 0 aliphatic carbocycles. The molecule has 0 aromatic heterocycles. The van der Waals surface area contributed by atoms with E-state index in [9.17, 15) is 0 Å². The van der Waals surface area contributed by atoms with E-state index in [1.807, 2.05) is 50.5 Å². The Labute approximate surface area is 138 Å². The van der Waals surface area contributed by atoms with Crippen molar-refractivity contribution < 1.29 is 0 Å². The average molecular weight is 296 g/mol. The molecule has 0 atom stereocenters. The maximum Gasteiger partial charge on any atom is -0.0410 e. The van der Waals surface area contributed by atoms with Gasteiger partial charge in [-0.25, -0.2) is 0 Å². The molecule has 0 aliphatic heterocycles. The summed E-state index contributed by atoms with van der Waals surface area (Å²) in [5, 5.41) is 9.31. The number of nitrogens with zero attached hydrogens (tertiary/aromatic N) is 2. The van der Waals surface area contributed by atoms with Crippen LogP contribution in [0.5, 0.6) is 0 Å². The van der Waals surface area contributed by atoms with Crippen molar-refractivity contribution in [2.75, 3.05) is 14.1 Å². The Hall–Kier alpha value is -1.43. The van der Waals surface area contributed by atoms with Gasteiger partial charge in [-0.1, -0.05) is 59.7 Å². The van der Waals surface area contributed by atoms with Crippen LogP contribution in [0.4, 0.5) is 11.4 Å². The van der Waals surface area contributed by atoms with Gasteiger partial charge in [0.15, 0.2) is 0 Å². The predicted octanol–water partition coefficient (Wildman–Crippen LogP) is 5.85. The largest absolute Gasteiger partial charge is 0.687 e. The van der Waals surface area contributed by atoms with Crippen molar-refractivity contribution in [3.05, 3.63) is 70.3 Å². The molecule has 0 amide bonds. The predicted molar refractivity (Wildman–Crippen MR) is 96.5 cm³/mol. The number of benzene rings is 2. The molecule has 0 saturated heterocycles. The van der Waals surface area contributed by atoms with Gasteiger partial charge in [0.2, 0.25) is 0 Å². The Balaban J connectivity index is 0.000000322. The first-order chi connectivity index (χ1) is 10.1. The molecule has 0 saturated carbocycles. The van der Waals surface area contributed by atoms with Gasteiger partial charge < -0.3 is 10.6 Å². The van der Waals surface area contributed by atoms with Crippen molar-refractivity contribution >= 4 is 27.7 Å². The normalized spacial score (nSPS) is 8.71. The van der Waals surface area contributed by atoms with E-state index in [1.54, 1.807) is 0 Å². The molecule has 2 aromatic rings. The van der Waals surface area contributed by atoms with Crippen LogP contribution in [0.15, 0.2) is 48.5 Å². The van der Waals surface area contributed by atoms with Gasteiger partial charge in [-0.15, -0.1) is 25.5 Å². The van der Waals surface area contributed by atoms with Gasteiger partial charge in [0.25, 0.3) is 0 Å². The molecule has 0 fully saturated rings. The summed E-state index contributed by atoms with van der Waals surface area (Å²) in [6.07, 6.45) is 0. The van der Waals surface area contributed by atoms with Crippen molar-refractivity contribution in [2.45, 2.75) is 26.1 Å². The Bertz CT molecular complexity index is 453. The number of hydrogen-bond donors (Lipinski definition) is 0. The number of hydrogen-bond acceptors (Lipinski definition) is 0. The first-order valence-corrected chi connectivity index (χ1v) is 7.93. The molecule has 21 heavy (non-hydrogen) atoms. The van der Waals surface area contributed by atoms with Crippen LogP contribution >= 0.6 is 0 Å². The second kappa shape index (κ2) is 12.3. The molecule has 110 valence electrons. The van der Waals surface area contributed by atoms with Crippen LogP contribution in [-0.4, -0.2) is 30.4 Å². The van der Waals surface area contributed by atoms with Crippen LogP contribution in [0.25, 0.3) is 10.6 Å². The second-order valence-electron chi connectivity index (χ2n) is 4.43. The zero-order chi connectivity index (χ0) is 16.1. The third kappa shape index (κ3) is 8.45. The monoisotopic (exact) mass is 296 g/mol. The minimum Gasteiger partial charge on any atom is -0.687 e. The Morgan fingerprint density at radius 3 is 1.24 bits per heavy atom. The molecule has 2 rings (SSSR count). The number of para-hydroxylation sites is 2. The van der Waals surface area contributed by atoms with Crippen LogP contribution in [0, 0.1) is 13.8 Å². The van der Waals surface area contributed by atoms with E-state index in [-0.39, 0.29) is 0 Å². The van der Waals surface area contributed by atoms with E-state index < -0.39 is 0 Å². The maximum atomic E-state index is 4.07. The molecule has 0 radical (unpaired) electrons. The van der Waals surface area contributed by atoms with Gasteiger partial charge >= 0.3 is 28.5 Å². The number of aryl methyl sites for hydroxylation is 2. The fraction of sp³-hybridized carbons (Fsp3) is 0.333. The van der Waals surface area contributed by atoms with Crippen molar-refractivity contribution in [2.24, 2.45) is 0 Å². The van der Waals surface area contributed by atoms with Gasteiger partial charge in [-0.2, -0.15) is 0 Å². The first kappa shape index (κ1) is 19.6. The van der Waals surface area contributed by atoms with Crippen molar-refractivity contribution in [1.29, 1.82) is 0 Å². The third-order valence-electron chi connectivity index (χ3n) is 2.71. The second-order valence-corrected chi connectivity index (χ2v) is 5.24. The summed E-state index contributed by atoms with van der Waals surface area (Å²) in [4.78, 5) is 0. The summed E-state index contributed by atoms with van der Waals surface area (Å²) in [6.45, 7) is 6.20. The zero-order valence-electron chi connectivity index (χ0n) is 13.8. The molecule has 0 spiro atoms. The van der Waals surface area contributed by atoms with Gasteiger partial charge in [0.1, 0.15) is 0 Å². The molecule has 0 bridgehead atoms. The van der Waals surface area contributed by atoms with Gasteiger partial charge in [-0.05, 0) is 13.8 Å². The van der Waals surface area contributed by atoms with Crippen LogP contribution in [-0.2, 0) is 0 Å². The standard InChI is InChI=1S/2C8H10N.C2H5.Al/c2*1-7-5-3-4-6-8(7)9-2;1-2;/h2*3-6H,1-2H3;1H2,2H3;/q2*-1;;+2. The minimum atomic E-state index is 1.08. The van der Waals surface area contributed by atoms with Gasteiger partial charge in [0.05, 0.1) is 0 Å². The third-order valence-corrected chi connectivity index (χ3v) is 2.71.